The predicted octanol–water partition coefficient (Wildman–Crippen LogP) is 4.05. The van der Waals surface area contributed by atoms with E-state index in [4.69, 9.17) is 5.26 Å². The van der Waals surface area contributed by atoms with Crippen LogP contribution >= 0.6 is 15.9 Å². The SMILES string of the molecule is N#Cc1cnn2c(C(F)(F)F)cc(-c3ccc(Br)cc3)nc12. The molecule has 0 unspecified atom stereocenters. The third kappa shape index (κ3) is 2.44. The Balaban J connectivity index is 2.32. The molecule has 8 heteroatoms. The highest BCUT2D eigenvalue weighted by atomic mass is 79.9. The van der Waals surface area contributed by atoms with Gasteiger partial charge >= 0.3 is 6.18 Å². The van der Waals surface area contributed by atoms with Crippen molar-refractivity contribution in [3.05, 3.63) is 52.3 Å². The van der Waals surface area contributed by atoms with Crippen LogP contribution in [0.15, 0.2) is 41.0 Å². The lowest BCUT2D eigenvalue weighted by molar-refractivity contribution is -0.142. The fourth-order valence-electron chi connectivity index (χ4n) is 2.01. The third-order valence-electron chi connectivity index (χ3n) is 3.02. The molecule has 0 amide bonds. The summed E-state index contributed by atoms with van der Waals surface area (Å²) in [6.45, 7) is 0. The summed E-state index contributed by atoms with van der Waals surface area (Å²) in [5.41, 5.74) is -0.456. The van der Waals surface area contributed by atoms with Crippen LogP contribution in [0.2, 0.25) is 0 Å². The summed E-state index contributed by atoms with van der Waals surface area (Å²) in [7, 11) is 0. The van der Waals surface area contributed by atoms with Gasteiger partial charge < -0.3 is 0 Å². The number of nitrogens with zero attached hydrogens (tertiary/aromatic N) is 4. The number of aromatic nitrogens is 3. The number of fused-ring (bicyclic) bond motifs is 1. The zero-order chi connectivity index (χ0) is 15.9. The van der Waals surface area contributed by atoms with Crippen molar-refractivity contribution in [1.29, 1.82) is 5.26 Å². The molecule has 3 rings (SSSR count). The molecular formula is C14H6BrF3N4. The van der Waals surface area contributed by atoms with Crippen LogP contribution in [0.25, 0.3) is 16.9 Å². The average Bonchev–Trinajstić information content (AvgIpc) is 2.88. The van der Waals surface area contributed by atoms with Crippen LogP contribution in [-0.4, -0.2) is 14.6 Å². The summed E-state index contributed by atoms with van der Waals surface area (Å²) in [6.07, 6.45) is -3.53. The largest absolute Gasteiger partial charge is 0.433 e. The van der Waals surface area contributed by atoms with Crippen LogP contribution < -0.4 is 0 Å². The number of rotatable bonds is 1. The predicted molar refractivity (Wildman–Crippen MR) is 75.8 cm³/mol. The Labute approximate surface area is 131 Å². The molecule has 110 valence electrons. The van der Waals surface area contributed by atoms with E-state index in [1.807, 2.05) is 0 Å². The molecule has 0 spiro atoms. The zero-order valence-electron chi connectivity index (χ0n) is 10.8. The topological polar surface area (TPSA) is 54.0 Å². The number of alkyl halides is 3. The lowest BCUT2D eigenvalue weighted by Crippen LogP contribution is -2.13. The Kier molecular flexibility index (Phi) is 3.37. The van der Waals surface area contributed by atoms with Crippen LogP contribution in [0, 0.1) is 11.3 Å². The van der Waals surface area contributed by atoms with Gasteiger partial charge in [-0.05, 0) is 18.2 Å². The number of nitriles is 1. The summed E-state index contributed by atoms with van der Waals surface area (Å²) in [4.78, 5) is 4.14. The van der Waals surface area contributed by atoms with Crippen molar-refractivity contribution < 1.29 is 13.2 Å². The molecule has 0 atom stereocenters. The van der Waals surface area contributed by atoms with Gasteiger partial charge in [-0.2, -0.15) is 23.5 Å². The van der Waals surface area contributed by atoms with E-state index < -0.39 is 11.9 Å². The van der Waals surface area contributed by atoms with E-state index in [2.05, 4.69) is 26.0 Å². The molecule has 0 aliphatic rings. The maximum absolute atomic E-state index is 13.2. The standard InChI is InChI=1S/C14H6BrF3N4/c15-10-3-1-8(2-4-10)11-5-12(14(16,17)18)22-13(21-11)9(6-19)7-20-22/h1-5,7H. The van der Waals surface area contributed by atoms with Crippen LogP contribution in [0.4, 0.5) is 13.2 Å². The van der Waals surface area contributed by atoms with Crippen LogP contribution in [-0.2, 0) is 6.18 Å². The van der Waals surface area contributed by atoms with Gasteiger partial charge in [0.2, 0.25) is 0 Å². The van der Waals surface area contributed by atoms with Crippen molar-refractivity contribution in [1.82, 2.24) is 14.6 Å². The Hall–Kier alpha value is -2.40. The van der Waals surface area contributed by atoms with E-state index >= 15 is 0 Å². The first-order valence-electron chi connectivity index (χ1n) is 6.02. The second kappa shape index (κ2) is 5.10. The Morgan fingerprint density at radius 2 is 1.86 bits per heavy atom. The molecule has 1 aromatic carbocycles. The summed E-state index contributed by atoms with van der Waals surface area (Å²) < 4.78 is 41.1. The van der Waals surface area contributed by atoms with E-state index in [0.29, 0.717) is 10.1 Å². The van der Waals surface area contributed by atoms with Gasteiger partial charge in [0.25, 0.3) is 0 Å². The van der Waals surface area contributed by atoms with Gasteiger partial charge in [-0.25, -0.2) is 9.50 Å². The minimum Gasteiger partial charge on any atom is -0.227 e. The molecule has 0 radical (unpaired) electrons. The summed E-state index contributed by atoms with van der Waals surface area (Å²) in [5, 5.41) is 12.6. The zero-order valence-corrected chi connectivity index (χ0v) is 12.4. The Morgan fingerprint density at radius 3 is 2.45 bits per heavy atom. The molecule has 2 aromatic heterocycles. The Morgan fingerprint density at radius 1 is 1.18 bits per heavy atom. The quantitative estimate of drug-likeness (QED) is 0.652. The van der Waals surface area contributed by atoms with Crippen LogP contribution in [0.1, 0.15) is 11.3 Å². The number of hydrogen-bond donors (Lipinski definition) is 0. The minimum absolute atomic E-state index is 0.00976. The molecule has 4 nitrogen and oxygen atoms in total. The molecule has 0 bridgehead atoms. The highest BCUT2D eigenvalue weighted by Crippen LogP contribution is 2.32. The molecule has 0 fully saturated rings. The van der Waals surface area contributed by atoms with E-state index in [-0.39, 0.29) is 16.9 Å². The van der Waals surface area contributed by atoms with Crippen molar-refractivity contribution in [2.45, 2.75) is 6.18 Å². The summed E-state index contributed by atoms with van der Waals surface area (Å²) in [5.74, 6) is 0. The van der Waals surface area contributed by atoms with Gasteiger partial charge in [0, 0.05) is 10.0 Å². The van der Waals surface area contributed by atoms with Crippen molar-refractivity contribution in [3.8, 4) is 17.3 Å². The van der Waals surface area contributed by atoms with E-state index in [9.17, 15) is 13.2 Å². The van der Waals surface area contributed by atoms with Crippen LogP contribution in [0.5, 0.6) is 0 Å². The highest BCUT2D eigenvalue weighted by Gasteiger charge is 2.35. The maximum Gasteiger partial charge on any atom is 0.433 e. The van der Waals surface area contributed by atoms with E-state index in [1.165, 1.54) is 0 Å². The van der Waals surface area contributed by atoms with E-state index in [0.717, 1.165) is 16.7 Å². The van der Waals surface area contributed by atoms with E-state index in [1.54, 1.807) is 30.3 Å². The van der Waals surface area contributed by atoms with Gasteiger partial charge in [-0.15, -0.1) is 0 Å². The second-order valence-electron chi connectivity index (χ2n) is 4.44. The first kappa shape index (κ1) is 14.5. The molecule has 0 aliphatic carbocycles. The molecule has 0 N–H and O–H groups in total. The normalized spacial score (nSPS) is 11.6. The Bertz CT molecular complexity index is 891. The monoisotopic (exact) mass is 366 g/mol. The first-order chi connectivity index (χ1) is 10.4. The van der Waals surface area contributed by atoms with Gasteiger partial charge in [-0.1, -0.05) is 28.1 Å². The number of hydrogen-bond acceptors (Lipinski definition) is 3. The number of benzene rings is 1. The fourth-order valence-corrected chi connectivity index (χ4v) is 2.28. The van der Waals surface area contributed by atoms with Crippen molar-refractivity contribution in [2.75, 3.05) is 0 Å². The fraction of sp³-hybridized carbons (Fsp3) is 0.0714. The first-order valence-corrected chi connectivity index (χ1v) is 6.81. The molecular weight excluding hydrogens is 361 g/mol. The van der Waals surface area contributed by atoms with Gasteiger partial charge in [0.1, 0.15) is 11.6 Å². The van der Waals surface area contributed by atoms with Gasteiger partial charge in [0.05, 0.1) is 11.9 Å². The molecule has 0 aliphatic heterocycles. The lowest BCUT2D eigenvalue weighted by Gasteiger charge is -2.11. The van der Waals surface area contributed by atoms with Crippen LogP contribution in [0.3, 0.4) is 0 Å². The molecule has 2 heterocycles. The average molecular weight is 367 g/mol. The molecule has 0 saturated heterocycles. The highest BCUT2D eigenvalue weighted by molar-refractivity contribution is 9.10. The molecule has 0 saturated carbocycles. The molecule has 22 heavy (non-hydrogen) atoms. The van der Waals surface area contributed by atoms with Crippen molar-refractivity contribution >= 4 is 21.6 Å². The second-order valence-corrected chi connectivity index (χ2v) is 5.35. The van der Waals surface area contributed by atoms with Gasteiger partial charge in [0.15, 0.2) is 11.3 Å². The van der Waals surface area contributed by atoms with Crippen molar-refractivity contribution in [2.24, 2.45) is 0 Å². The molecule has 3 aromatic rings. The maximum atomic E-state index is 13.2. The van der Waals surface area contributed by atoms with Gasteiger partial charge in [-0.3, -0.25) is 0 Å². The summed E-state index contributed by atoms with van der Waals surface area (Å²) >= 11 is 3.26. The van der Waals surface area contributed by atoms with Crippen molar-refractivity contribution in [3.63, 3.8) is 0 Å². The third-order valence-corrected chi connectivity index (χ3v) is 3.55. The minimum atomic E-state index is -4.61. The summed E-state index contributed by atoms with van der Waals surface area (Å²) in [6, 6.07) is 9.41. The number of halogens is 4. The lowest BCUT2D eigenvalue weighted by atomic mass is 10.1. The smallest absolute Gasteiger partial charge is 0.227 e.